The summed E-state index contributed by atoms with van der Waals surface area (Å²) in [5, 5.41) is 3.35. The van der Waals surface area contributed by atoms with E-state index in [1.54, 1.807) is 11.3 Å². The van der Waals surface area contributed by atoms with Crippen molar-refractivity contribution < 1.29 is 4.79 Å². The van der Waals surface area contributed by atoms with Crippen LogP contribution in [0.15, 0.2) is 28.1 Å². The van der Waals surface area contributed by atoms with Gasteiger partial charge in [-0.25, -0.2) is 4.98 Å². The summed E-state index contributed by atoms with van der Waals surface area (Å²) in [6, 6.07) is 5.84. The first-order chi connectivity index (χ1) is 11.6. The van der Waals surface area contributed by atoms with Crippen LogP contribution in [0.5, 0.6) is 0 Å². The van der Waals surface area contributed by atoms with Gasteiger partial charge in [0, 0.05) is 48.1 Å². The molecule has 1 fully saturated rings. The summed E-state index contributed by atoms with van der Waals surface area (Å²) in [7, 11) is 0. The Morgan fingerprint density at radius 3 is 2.67 bits per heavy atom. The minimum Gasteiger partial charge on any atom is -0.336 e. The van der Waals surface area contributed by atoms with Crippen molar-refractivity contribution in [3.05, 3.63) is 49.9 Å². The highest BCUT2D eigenvalue weighted by molar-refractivity contribution is 9.10. The van der Waals surface area contributed by atoms with Crippen molar-refractivity contribution in [3.8, 4) is 0 Å². The number of carbonyl (C=O) groups excluding carboxylic acids is 1. The SMILES string of the molecule is CCc1nc(CN2CCN(C(=O)c3ccc(Br)cc3C)CC2)cs1. The standard InChI is InChI=1S/C18H22BrN3OS/c1-3-17-20-15(12-24-17)11-21-6-8-22(9-7-21)18(23)16-5-4-14(19)10-13(16)2/h4-5,10,12H,3,6-9,11H2,1-2H3. The molecule has 0 radical (unpaired) electrons. The third-order valence-corrected chi connectivity index (χ3v) is 5.90. The van der Waals surface area contributed by atoms with E-state index in [0.29, 0.717) is 0 Å². The molecule has 0 saturated carbocycles. The van der Waals surface area contributed by atoms with Crippen molar-refractivity contribution in [1.29, 1.82) is 0 Å². The predicted molar refractivity (Wildman–Crippen MR) is 102 cm³/mol. The number of benzene rings is 1. The van der Waals surface area contributed by atoms with Gasteiger partial charge in [-0.2, -0.15) is 0 Å². The number of aryl methyl sites for hydroxylation is 2. The minimum atomic E-state index is 0.140. The molecule has 0 aliphatic carbocycles. The van der Waals surface area contributed by atoms with Crippen molar-refractivity contribution >= 4 is 33.2 Å². The van der Waals surface area contributed by atoms with Gasteiger partial charge in [-0.3, -0.25) is 9.69 Å². The summed E-state index contributed by atoms with van der Waals surface area (Å²) in [5.41, 5.74) is 2.98. The largest absolute Gasteiger partial charge is 0.336 e. The smallest absolute Gasteiger partial charge is 0.254 e. The van der Waals surface area contributed by atoms with Crippen molar-refractivity contribution in [1.82, 2.24) is 14.8 Å². The van der Waals surface area contributed by atoms with Gasteiger partial charge in [0.1, 0.15) is 0 Å². The lowest BCUT2D eigenvalue weighted by atomic mass is 10.1. The number of carbonyl (C=O) groups is 1. The molecule has 0 bridgehead atoms. The van der Waals surface area contributed by atoms with Crippen LogP contribution in [0.4, 0.5) is 0 Å². The molecule has 2 aromatic rings. The fourth-order valence-electron chi connectivity index (χ4n) is 2.96. The average Bonchev–Trinajstić information content (AvgIpc) is 3.03. The fraction of sp³-hybridized carbons (Fsp3) is 0.444. The molecule has 1 aliphatic heterocycles. The molecule has 0 N–H and O–H groups in total. The molecule has 1 aromatic heterocycles. The van der Waals surface area contributed by atoms with Crippen LogP contribution >= 0.6 is 27.3 Å². The Balaban J connectivity index is 1.57. The molecule has 0 atom stereocenters. The number of thiazole rings is 1. The van der Waals surface area contributed by atoms with Gasteiger partial charge in [-0.05, 0) is 37.1 Å². The third-order valence-electron chi connectivity index (χ3n) is 4.37. The van der Waals surface area contributed by atoms with Crippen LogP contribution in [0.3, 0.4) is 0 Å². The first-order valence-electron chi connectivity index (χ1n) is 8.28. The van der Waals surface area contributed by atoms with Gasteiger partial charge >= 0.3 is 0 Å². The quantitative estimate of drug-likeness (QED) is 0.774. The van der Waals surface area contributed by atoms with Crippen LogP contribution in [0.25, 0.3) is 0 Å². The second-order valence-corrected chi connectivity index (χ2v) is 7.97. The van der Waals surface area contributed by atoms with E-state index in [0.717, 1.165) is 60.4 Å². The number of piperazine rings is 1. The summed E-state index contributed by atoms with van der Waals surface area (Å²) >= 11 is 5.19. The number of hydrogen-bond acceptors (Lipinski definition) is 4. The van der Waals surface area contributed by atoms with Crippen molar-refractivity contribution in [2.75, 3.05) is 26.2 Å². The number of nitrogens with zero attached hydrogens (tertiary/aromatic N) is 3. The molecule has 0 unspecified atom stereocenters. The van der Waals surface area contributed by atoms with Gasteiger partial charge < -0.3 is 4.90 Å². The van der Waals surface area contributed by atoms with E-state index < -0.39 is 0 Å². The second kappa shape index (κ2) is 7.76. The topological polar surface area (TPSA) is 36.4 Å². The lowest BCUT2D eigenvalue weighted by molar-refractivity contribution is 0.0626. The fourth-order valence-corrected chi connectivity index (χ4v) is 4.17. The summed E-state index contributed by atoms with van der Waals surface area (Å²) in [6.07, 6.45) is 0.999. The Hall–Kier alpha value is -1.24. The Kier molecular flexibility index (Phi) is 5.69. The molecule has 1 saturated heterocycles. The van der Waals surface area contributed by atoms with Crippen molar-refractivity contribution in [2.24, 2.45) is 0 Å². The minimum absolute atomic E-state index is 0.140. The van der Waals surface area contributed by atoms with Gasteiger partial charge in [0.15, 0.2) is 0 Å². The van der Waals surface area contributed by atoms with Crippen LogP contribution in [0.1, 0.15) is 33.5 Å². The van der Waals surface area contributed by atoms with Gasteiger partial charge in [0.05, 0.1) is 10.7 Å². The van der Waals surface area contributed by atoms with Crippen LogP contribution in [-0.4, -0.2) is 46.9 Å². The van der Waals surface area contributed by atoms with Crippen molar-refractivity contribution in [3.63, 3.8) is 0 Å². The highest BCUT2D eigenvalue weighted by Crippen LogP contribution is 2.19. The number of rotatable bonds is 4. The zero-order chi connectivity index (χ0) is 17.1. The van der Waals surface area contributed by atoms with Crippen LogP contribution in [0, 0.1) is 6.92 Å². The number of halogens is 1. The molecule has 2 heterocycles. The molecule has 1 amide bonds. The molecule has 0 spiro atoms. The number of aromatic nitrogens is 1. The average molecular weight is 408 g/mol. The summed E-state index contributed by atoms with van der Waals surface area (Å²) in [6.45, 7) is 8.37. The van der Waals surface area contributed by atoms with Gasteiger partial charge in [-0.1, -0.05) is 22.9 Å². The Morgan fingerprint density at radius 2 is 2.04 bits per heavy atom. The van der Waals surface area contributed by atoms with Crippen LogP contribution in [-0.2, 0) is 13.0 Å². The van der Waals surface area contributed by atoms with E-state index in [-0.39, 0.29) is 5.91 Å². The van der Waals surface area contributed by atoms with Gasteiger partial charge in [0.25, 0.3) is 5.91 Å². The first-order valence-corrected chi connectivity index (χ1v) is 9.95. The van der Waals surface area contributed by atoms with E-state index in [9.17, 15) is 4.79 Å². The molecule has 4 nitrogen and oxygen atoms in total. The summed E-state index contributed by atoms with van der Waals surface area (Å²) < 4.78 is 1.01. The Morgan fingerprint density at radius 1 is 1.29 bits per heavy atom. The monoisotopic (exact) mass is 407 g/mol. The molecule has 1 aromatic carbocycles. The van der Waals surface area contributed by atoms with Gasteiger partial charge in [-0.15, -0.1) is 11.3 Å². The van der Waals surface area contributed by atoms with E-state index in [1.807, 2.05) is 30.0 Å². The molecule has 128 valence electrons. The number of amides is 1. The van der Waals surface area contributed by atoms with Crippen molar-refractivity contribution in [2.45, 2.75) is 26.8 Å². The lowest BCUT2D eigenvalue weighted by Gasteiger charge is -2.34. The van der Waals surface area contributed by atoms with Crippen LogP contribution in [0.2, 0.25) is 0 Å². The molecular formula is C18H22BrN3OS. The summed E-state index contributed by atoms with van der Waals surface area (Å²) in [4.78, 5) is 21.7. The molecular weight excluding hydrogens is 386 g/mol. The first kappa shape index (κ1) is 17.6. The predicted octanol–water partition coefficient (Wildman–Crippen LogP) is 3.73. The third kappa shape index (κ3) is 4.05. The van der Waals surface area contributed by atoms with E-state index in [4.69, 9.17) is 0 Å². The van der Waals surface area contributed by atoms with Crippen LogP contribution < -0.4 is 0 Å². The molecule has 3 rings (SSSR count). The maximum atomic E-state index is 12.7. The molecule has 1 aliphatic rings. The van der Waals surface area contributed by atoms with Gasteiger partial charge in [0.2, 0.25) is 0 Å². The normalized spacial score (nSPS) is 15.7. The molecule has 24 heavy (non-hydrogen) atoms. The highest BCUT2D eigenvalue weighted by Gasteiger charge is 2.23. The lowest BCUT2D eigenvalue weighted by Crippen LogP contribution is -2.48. The highest BCUT2D eigenvalue weighted by atomic mass is 79.9. The maximum absolute atomic E-state index is 12.7. The molecule has 6 heteroatoms. The second-order valence-electron chi connectivity index (χ2n) is 6.11. The zero-order valence-electron chi connectivity index (χ0n) is 14.1. The Labute approximate surface area is 155 Å². The zero-order valence-corrected chi connectivity index (χ0v) is 16.5. The maximum Gasteiger partial charge on any atom is 0.254 e. The number of hydrogen-bond donors (Lipinski definition) is 0. The Bertz CT molecular complexity index is 723. The van der Waals surface area contributed by atoms with E-state index >= 15 is 0 Å². The summed E-state index contributed by atoms with van der Waals surface area (Å²) in [5.74, 6) is 0.140. The van der Waals surface area contributed by atoms with E-state index in [1.165, 1.54) is 5.01 Å². The van der Waals surface area contributed by atoms with E-state index in [2.05, 4.69) is 38.1 Å².